The smallest absolute Gasteiger partial charge is 0.104 e. The molecule has 204 valence electrons. The van der Waals surface area contributed by atoms with Crippen LogP contribution in [-0.2, 0) is 11.3 Å². The van der Waals surface area contributed by atoms with Crippen LogP contribution in [0.4, 0.5) is 0 Å². The summed E-state index contributed by atoms with van der Waals surface area (Å²) in [5, 5.41) is 10.3. The Morgan fingerprint density at radius 2 is 0.943 bits per heavy atom. The van der Waals surface area contributed by atoms with E-state index < -0.39 is 5.97 Å². The number of carboxylic acids is 1. The van der Waals surface area contributed by atoms with Gasteiger partial charge >= 0.3 is 0 Å². The average molecular weight is 490 g/mol. The molecule has 0 N–H and O–H groups in total. The van der Waals surface area contributed by atoms with Gasteiger partial charge in [-0.25, -0.2) is 0 Å². The number of rotatable bonds is 22. The molecule has 0 aromatic heterocycles. The van der Waals surface area contributed by atoms with Crippen LogP contribution in [0, 0.1) is 0 Å². The van der Waals surface area contributed by atoms with Gasteiger partial charge in [0.1, 0.15) is 6.54 Å². The summed E-state index contributed by atoms with van der Waals surface area (Å²) in [7, 11) is 6.60. The molecular formula is C32H59NO2. The lowest BCUT2D eigenvalue weighted by Gasteiger charge is -2.23. The van der Waals surface area contributed by atoms with Crippen molar-refractivity contribution in [2.75, 3.05) is 21.1 Å². The van der Waals surface area contributed by atoms with Gasteiger partial charge in [-0.1, -0.05) is 153 Å². The molecule has 0 heterocycles. The number of carbonyl (C=O) groups excluding carboxylic acids is 1. The summed E-state index contributed by atoms with van der Waals surface area (Å²) in [6.07, 6.45) is 25.7. The van der Waals surface area contributed by atoms with Crippen molar-refractivity contribution in [1.82, 2.24) is 0 Å². The Hall–Kier alpha value is -1.35. The van der Waals surface area contributed by atoms with E-state index in [1.165, 1.54) is 115 Å². The standard InChI is InChI=1S/C22H44O2.C10H16N/c1-2-3-4-5-6-7-8-9-10-11-12-13-14-15-16-17-18-19-20-21-22(23)24;1-11(2,3)9-10-7-5-4-6-8-10/h2-21H2,1H3,(H,23,24);4-8H,9H2,1-3H3/q;+1/p-1. The number of hydrogen-bond donors (Lipinski definition) is 0. The molecule has 0 fully saturated rings. The van der Waals surface area contributed by atoms with Crippen LogP contribution in [0.25, 0.3) is 0 Å². The lowest BCUT2D eigenvalue weighted by atomic mass is 10.0. The van der Waals surface area contributed by atoms with Crippen LogP contribution in [0.2, 0.25) is 0 Å². The maximum absolute atomic E-state index is 10.3. The summed E-state index contributed by atoms with van der Waals surface area (Å²) in [5.74, 6) is -0.901. The van der Waals surface area contributed by atoms with Crippen LogP contribution in [0.15, 0.2) is 30.3 Å². The molecule has 3 heteroatoms. The van der Waals surface area contributed by atoms with Crippen molar-refractivity contribution in [2.24, 2.45) is 0 Å². The van der Waals surface area contributed by atoms with Gasteiger partial charge in [0.2, 0.25) is 0 Å². The van der Waals surface area contributed by atoms with E-state index in [1.807, 2.05) is 0 Å². The number of hydrogen-bond acceptors (Lipinski definition) is 2. The molecule has 0 unspecified atom stereocenters. The second-order valence-corrected chi connectivity index (χ2v) is 11.4. The molecule has 0 saturated heterocycles. The van der Waals surface area contributed by atoms with Crippen LogP contribution >= 0.6 is 0 Å². The summed E-state index contributed by atoms with van der Waals surface area (Å²) >= 11 is 0. The molecule has 0 amide bonds. The molecule has 0 aliphatic carbocycles. The first kappa shape index (κ1) is 33.7. The van der Waals surface area contributed by atoms with E-state index in [2.05, 4.69) is 58.4 Å². The van der Waals surface area contributed by atoms with E-state index in [9.17, 15) is 9.90 Å². The highest BCUT2D eigenvalue weighted by atomic mass is 16.4. The predicted molar refractivity (Wildman–Crippen MR) is 151 cm³/mol. The van der Waals surface area contributed by atoms with Crippen molar-refractivity contribution in [3.8, 4) is 0 Å². The Labute approximate surface area is 219 Å². The highest BCUT2D eigenvalue weighted by molar-refractivity contribution is 5.64. The molecule has 1 rings (SSSR count). The minimum Gasteiger partial charge on any atom is -0.550 e. The van der Waals surface area contributed by atoms with Crippen molar-refractivity contribution in [3.05, 3.63) is 35.9 Å². The van der Waals surface area contributed by atoms with Gasteiger partial charge < -0.3 is 14.4 Å². The minimum absolute atomic E-state index is 0.235. The largest absolute Gasteiger partial charge is 0.550 e. The van der Waals surface area contributed by atoms with Crippen molar-refractivity contribution in [1.29, 1.82) is 0 Å². The normalized spacial score (nSPS) is 11.2. The van der Waals surface area contributed by atoms with Crippen molar-refractivity contribution < 1.29 is 14.4 Å². The van der Waals surface area contributed by atoms with Crippen LogP contribution in [0.1, 0.15) is 141 Å². The maximum atomic E-state index is 10.3. The molecule has 0 bridgehead atoms. The summed E-state index contributed by atoms with van der Waals surface area (Å²) in [6, 6.07) is 10.6. The maximum Gasteiger partial charge on any atom is 0.104 e. The fraction of sp³-hybridized carbons (Fsp3) is 0.781. The summed E-state index contributed by atoms with van der Waals surface area (Å²) in [5.41, 5.74) is 1.40. The second kappa shape index (κ2) is 24.3. The number of unbranched alkanes of at least 4 members (excludes halogenated alkanes) is 18. The van der Waals surface area contributed by atoms with Crippen LogP contribution < -0.4 is 5.11 Å². The number of aliphatic carboxylic acids is 1. The molecule has 1 aromatic rings. The highest BCUT2D eigenvalue weighted by Gasteiger charge is 2.06. The third-order valence-electron chi connectivity index (χ3n) is 6.48. The first-order valence-electron chi connectivity index (χ1n) is 14.9. The number of carbonyl (C=O) groups is 1. The Morgan fingerprint density at radius 1 is 0.600 bits per heavy atom. The topological polar surface area (TPSA) is 40.1 Å². The molecule has 0 aliphatic rings. The monoisotopic (exact) mass is 489 g/mol. The Balaban J connectivity index is 0.000000867. The summed E-state index contributed by atoms with van der Waals surface area (Å²) in [6.45, 7) is 3.38. The van der Waals surface area contributed by atoms with E-state index in [-0.39, 0.29) is 6.42 Å². The van der Waals surface area contributed by atoms with Gasteiger partial charge in [0.15, 0.2) is 0 Å². The number of nitrogens with zero attached hydrogens (tertiary/aromatic N) is 1. The SMILES string of the molecule is CCCCCCCCCCCCCCCCCCCCCC(=O)[O-].C[N+](C)(C)Cc1ccccc1. The van der Waals surface area contributed by atoms with Crippen molar-refractivity contribution in [3.63, 3.8) is 0 Å². The van der Waals surface area contributed by atoms with E-state index in [1.54, 1.807) is 0 Å². The predicted octanol–water partition coefficient (Wildman–Crippen LogP) is 8.45. The summed E-state index contributed by atoms with van der Waals surface area (Å²) in [4.78, 5) is 10.3. The molecule has 35 heavy (non-hydrogen) atoms. The molecule has 0 radical (unpaired) electrons. The molecule has 0 atom stereocenters. The fourth-order valence-corrected chi connectivity index (χ4v) is 4.48. The van der Waals surface area contributed by atoms with Crippen LogP contribution in [0.5, 0.6) is 0 Å². The third kappa shape index (κ3) is 28.8. The first-order chi connectivity index (χ1) is 16.8. The zero-order valence-corrected chi connectivity index (χ0v) is 24.0. The van der Waals surface area contributed by atoms with Gasteiger partial charge in [-0.15, -0.1) is 0 Å². The highest BCUT2D eigenvalue weighted by Crippen LogP contribution is 2.14. The first-order valence-corrected chi connectivity index (χ1v) is 14.9. The van der Waals surface area contributed by atoms with Gasteiger partial charge in [0, 0.05) is 11.5 Å². The van der Waals surface area contributed by atoms with Gasteiger partial charge in [-0.05, 0) is 12.8 Å². The van der Waals surface area contributed by atoms with Crippen molar-refractivity contribution in [2.45, 2.75) is 142 Å². The third-order valence-corrected chi connectivity index (χ3v) is 6.48. The average Bonchev–Trinajstić information content (AvgIpc) is 2.80. The number of quaternary nitrogens is 1. The zero-order chi connectivity index (χ0) is 26.0. The summed E-state index contributed by atoms with van der Waals surface area (Å²) < 4.78 is 0.990. The number of benzene rings is 1. The molecule has 0 saturated carbocycles. The fourth-order valence-electron chi connectivity index (χ4n) is 4.48. The molecule has 0 spiro atoms. The molecule has 1 aromatic carbocycles. The van der Waals surface area contributed by atoms with Gasteiger partial charge in [0.05, 0.1) is 21.1 Å². The quantitative estimate of drug-likeness (QED) is 0.121. The lowest BCUT2D eigenvalue weighted by Crippen LogP contribution is -2.33. The van der Waals surface area contributed by atoms with E-state index in [4.69, 9.17) is 0 Å². The molecule has 0 aliphatic heterocycles. The molecule has 3 nitrogen and oxygen atoms in total. The number of carboxylic acid groups (broad SMARTS) is 1. The zero-order valence-electron chi connectivity index (χ0n) is 24.0. The minimum atomic E-state index is -0.901. The molecular weight excluding hydrogens is 430 g/mol. The van der Waals surface area contributed by atoms with Gasteiger partial charge in [0.25, 0.3) is 0 Å². The Bertz CT molecular complexity index is 565. The Morgan fingerprint density at radius 3 is 1.26 bits per heavy atom. The second-order valence-electron chi connectivity index (χ2n) is 11.4. The van der Waals surface area contributed by atoms with E-state index in [0.717, 1.165) is 23.9 Å². The lowest BCUT2D eigenvalue weighted by molar-refractivity contribution is -0.884. The van der Waals surface area contributed by atoms with E-state index in [0.29, 0.717) is 0 Å². The van der Waals surface area contributed by atoms with E-state index >= 15 is 0 Å². The van der Waals surface area contributed by atoms with Crippen molar-refractivity contribution >= 4 is 5.97 Å². The van der Waals surface area contributed by atoms with Gasteiger partial charge in [-0.3, -0.25) is 0 Å². The van der Waals surface area contributed by atoms with Crippen LogP contribution in [0.3, 0.4) is 0 Å². The Kier molecular flexibility index (Phi) is 23.4. The van der Waals surface area contributed by atoms with Gasteiger partial charge in [-0.2, -0.15) is 0 Å². The van der Waals surface area contributed by atoms with Crippen LogP contribution in [-0.4, -0.2) is 31.6 Å².